The van der Waals surface area contributed by atoms with Gasteiger partial charge in [-0.05, 0) is 38.3 Å². The molecular formula is C22H29N3O6. The molecule has 2 rings (SSSR count). The van der Waals surface area contributed by atoms with Crippen molar-refractivity contribution in [3.8, 4) is 0 Å². The lowest BCUT2D eigenvalue weighted by atomic mass is 10.0. The Morgan fingerprint density at radius 3 is 2.39 bits per heavy atom. The molecular weight excluding hydrogens is 402 g/mol. The van der Waals surface area contributed by atoms with Gasteiger partial charge >= 0.3 is 12.1 Å². The monoisotopic (exact) mass is 431 g/mol. The number of carboxylic acids is 1. The zero-order valence-corrected chi connectivity index (χ0v) is 18.4. The highest BCUT2D eigenvalue weighted by Gasteiger charge is 2.40. The molecule has 0 aliphatic heterocycles. The van der Waals surface area contributed by atoms with Crippen molar-refractivity contribution in [1.82, 2.24) is 9.88 Å². The summed E-state index contributed by atoms with van der Waals surface area (Å²) < 4.78 is 5.32. The lowest BCUT2D eigenvalue weighted by Gasteiger charge is -2.30. The summed E-state index contributed by atoms with van der Waals surface area (Å²) in [6.45, 7) is 8.43. The van der Waals surface area contributed by atoms with E-state index >= 15 is 0 Å². The number of carbonyl (C=O) groups excluding carboxylic acids is 2. The Kier molecular flexibility index (Phi) is 7.43. The first-order valence-electron chi connectivity index (χ1n) is 9.99. The van der Waals surface area contributed by atoms with Crippen LogP contribution in [0, 0.1) is 5.92 Å². The van der Waals surface area contributed by atoms with Gasteiger partial charge in [0.25, 0.3) is 5.91 Å². The number of carboxylic acid groups (broad SMARTS) is 1. The number of para-hydroxylation sites is 1. The first-order valence-corrected chi connectivity index (χ1v) is 9.99. The van der Waals surface area contributed by atoms with Crippen molar-refractivity contribution < 1.29 is 29.4 Å². The van der Waals surface area contributed by atoms with Crippen LogP contribution in [0.3, 0.4) is 0 Å². The van der Waals surface area contributed by atoms with Crippen molar-refractivity contribution in [2.75, 3.05) is 0 Å². The summed E-state index contributed by atoms with van der Waals surface area (Å²) in [6, 6.07) is 5.74. The number of imide groups is 1. The minimum absolute atomic E-state index is 0.0627. The third kappa shape index (κ3) is 6.07. The molecule has 1 aromatic carbocycles. The van der Waals surface area contributed by atoms with Crippen LogP contribution in [0.5, 0.6) is 0 Å². The van der Waals surface area contributed by atoms with Crippen LogP contribution in [0.1, 0.15) is 46.6 Å². The third-order valence-electron chi connectivity index (χ3n) is 4.46. The zero-order valence-electron chi connectivity index (χ0n) is 18.4. The van der Waals surface area contributed by atoms with Gasteiger partial charge in [0.1, 0.15) is 17.4 Å². The number of fused-ring (bicyclic) bond motifs is 1. The Morgan fingerprint density at radius 2 is 1.84 bits per heavy atom. The average Bonchev–Trinajstić information content (AvgIpc) is 3.06. The summed E-state index contributed by atoms with van der Waals surface area (Å²) in [4.78, 5) is 41.8. The predicted molar refractivity (Wildman–Crippen MR) is 115 cm³/mol. The number of carbonyl (C=O) groups is 3. The van der Waals surface area contributed by atoms with Crippen molar-refractivity contribution in [3.05, 3.63) is 36.0 Å². The minimum Gasteiger partial charge on any atom is -0.480 e. The third-order valence-corrected chi connectivity index (χ3v) is 4.46. The molecule has 0 spiro atoms. The van der Waals surface area contributed by atoms with Gasteiger partial charge in [-0.25, -0.2) is 14.5 Å². The van der Waals surface area contributed by atoms with E-state index in [1.165, 1.54) is 0 Å². The van der Waals surface area contributed by atoms with E-state index < -0.39 is 29.6 Å². The quantitative estimate of drug-likeness (QED) is 0.347. The summed E-state index contributed by atoms with van der Waals surface area (Å²) in [5, 5.41) is 23.1. The SMILES string of the molecule is CC(C)CC(=NO)C(=O)N(C(=O)OC(C)(C)C)[C@@H](Cc1c[nH]c2ccccc12)C(=O)O. The molecule has 9 nitrogen and oxygen atoms in total. The molecule has 31 heavy (non-hydrogen) atoms. The Morgan fingerprint density at radius 1 is 1.19 bits per heavy atom. The predicted octanol–water partition coefficient (Wildman–Crippen LogP) is 3.80. The fourth-order valence-corrected chi connectivity index (χ4v) is 3.16. The number of hydrogen-bond acceptors (Lipinski definition) is 6. The van der Waals surface area contributed by atoms with Gasteiger partial charge in [0.15, 0.2) is 0 Å². The van der Waals surface area contributed by atoms with Gasteiger partial charge in [0.05, 0.1) is 0 Å². The summed E-state index contributed by atoms with van der Waals surface area (Å²) in [7, 11) is 0. The van der Waals surface area contributed by atoms with Crippen LogP contribution in [0.15, 0.2) is 35.6 Å². The van der Waals surface area contributed by atoms with Crippen LogP contribution in [0.2, 0.25) is 0 Å². The van der Waals surface area contributed by atoms with Gasteiger partial charge in [0, 0.05) is 29.9 Å². The van der Waals surface area contributed by atoms with E-state index in [1.54, 1.807) is 40.8 Å². The molecule has 2 aromatic rings. The average molecular weight is 431 g/mol. The number of nitrogens with zero attached hydrogens (tertiary/aromatic N) is 2. The van der Waals surface area contributed by atoms with Gasteiger partial charge in [-0.2, -0.15) is 0 Å². The van der Waals surface area contributed by atoms with Crippen LogP contribution in [-0.2, 0) is 20.7 Å². The van der Waals surface area contributed by atoms with Gasteiger partial charge in [-0.1, -0.05) is 37.2 Å². The number of oxime groups is 1. The molecule has 0 bridgehead atoms. The number of ether oxygens (including phenoxy) is 1. The second-order valence-corrected chi connectivity index (χ2v) is 8.72. The molecule has 0 aliphatic carbocycles. The van der Waals surface area contributed by atoms with E-state index in [0.29, 0.717) is 10.5 Å². The number of nitrogens with one attached hydrogen (secondary N) is 1. The maximum atomic E-state index is 13.1. The van der Waals surface area contributed by atoms with E-state index in [-0.39, 0.29) is 24.5 Å². The van der Waals surface area contributed by atoms with Gasteiger partial charge < -0.3 is 20.0 Å². The number of rotatable bonds is 7. The first-order chi connectivity index (χ1) is 14.4. The molecule has 0 fully saturated rings. The van der Waals surface area contributed by atoms with Crippen LogP contribution < -0.4 is 0 Å². The minimum atomic E-state index is -1.56. The number of aromatic amines is 1. The zero-order chi connectivity index (χ0) is 23.3. The lowest BCUT2D eigenvalue weighted by Crippen LogP contribution is -2.53. The summed E-state index contributed by atoms with van der Waals surface area (Å²) >= 11 is 0. The second kappa shape index (κ2) is 9.63. The van der Waals surface area contributed by atoms with Crippen molar-refractivity contribution in [3.63, 3.8) is 0 Å². The fourth-order valence-electron chi connectivity index (χ4n) is 3.16. The molecule has 0 saturated carbocycles. The topological polar surface area (TPSA) is 132 Å². The number of amides is 2. The lowest BCUT2D eigenvalue weighted by molar-refractivity contribution is -0.147. The Bertz CT molecular complexity index is 987. The van der Waals surface area contributed by atoms with E-state index in [2.05, 4.69) is 10.1 Å². The Labute approximate surface area is 180 Å². The van der Waals surface area contributed by atoms with Crippen molar-refractivity contribution >= 4 is 34.6 Å². The number of aliphatic carboxylic acids is 1. The largest absolute Gasteiger partial charge is 0.480 e. The van der Waals surface area contributed by atoms with Crippen molar-refractivity contribution in [2.45, 2.75) is 59.1 Å². The molecule has 0 radical (unpaired) electrons. The van der Waals surface area contributed by atoms with Crippen LogP contribution in [0.25, 0.3) is 10.9 Å². The van der Waals surface area contributed by atoms with E-state index in [0.717, 1.165) is 10.9 Å². The standard InChI is InChI=1S/C22H29N3O6/c1-13(2)10-17(24-30)19(26)25(21(29)31-22(3,4)5)18(20(27)28)11-14-12-23-16-9-7-6-8-15(14)16/h6-9,12-13,18,23,30H,10-11H2,1-5H3,(H,27,28)/t18-/m0/s1. The smallest absolute Gasteiger partial charge is 0.418 e. The van der Waals surface area contributed by atoms with Crippen LogP contribution in [0.4, 0.5) is 4.79 Å². The Hall–Kier alpha value is -3.36. The van der Waals surface area contributed by atoms with E-state index in [9.17, 15) is 24.7 Å². The van der Waals surface area contributed by atoms with Crippen LogP contribution >= 0.6 is 0 Å². The molecule has 0 saturated heterocycles. The van der Waals surface area contributed by atoms with Gasteiger partial charge in [-0.3, -0.25) is 4.79 Å². The van der Waals surface area contributed by atoms with Gasteiger partial charge in [-0.15, -0.1) is 0 Å². The number of H-pyrrole nitrogens is 1. The molecule has 1 atom stereocenters. The highest BCUT2D eigenvalue weighted by Crippen LogP contribution is 2.23. The molecule has 3 N–H and O–H groups in total. The van der Waals surface area contributed by atoms with Gasteiger partial charge in [0.2, 0.25) is 0 Å². The molecule has 0 aliphatic rings. The molecule has 168 valence electrons. The summed E-state index contributed by atoms with van der Waals surface area (Å²) in [6.07, 6.45) is 0.446. The van der Waals surface area contributed by atoms with Crippen molar-refractivity contribution in [1.29, 1.82) is 0 Å². The normalized spacial score (nSPS) is 13.3. The highest BCUT2D eigenvalue weighted by molar-refractivity contribution is 6.41. The summed E-state index contributed by atoms with van der Waals surface area (Å²) in [5.74, 6) is -2.45. The molecule has 9 heteroatoms. The summed E-state index contributed by atoms with van der Waals surface area (Å²) in [5.41, 5.74) is 0.143. The fraction of sp³-hybridized carbons (Fsp3) is 0.455. The maximum Gasteiger partial charge on any atom is 0.418 e. The van der Waals surface area contributed by atoms with Crippen LogP contribution in [-0.4, -0.2) is 55.5 Å². The molecule has 1 aromatic heterocycles. The van der Waals surface area contributed by atoms with E-state index in [4.69, 9.17) is 4.74 Å². The molecule has 1 heterocycles. The molecule has 0 unspecified atom stereocenters. The van der Waals surface area contributed by atoms with Crippen molar-refractivity contribution in [2.24, 2.45) is 11.1 Å². The first kappa shape index (κ1) is 23.9. The Balaban J connectivity index is 2.50. The number of aromatic nitrogens is 1. The second-order valence-electron chi connectivity index (χ2n) is 8.72. The number of hydrogen-bond donors (Lipinski definition) is 3. The highest BCUT2D eigenvalue weighted by atomic mass is 16.6. The number of benzene rings is 1. The molecule has 2 amide bonds. The maximum absolute atomic E-state index is 13.1. The van der Waals surface area contributed by atoms with E-state index in [1.807, 2.05) is 24.3 Å².